The molecular formula is C21H23NO4. The number of benzene rings is 2. The van der Waals surface area contributed by atoms with E-state index in [0.717, 1.165) is 22.3 Å². The number of hydrogen-bond acceptors (Lipinski definition) is 3. The zero-order valence-corrected chi connectivity index (χ0v) is 15.2. The predicted octanol–water partition coefficient (Wildman–Crippen LogP) is 4.32. The van der Waals surface area contributed by atoms with Crippen LogP contribution >= 0.6 is 0 Å². The van der Waals surface area contributed by atoms with E-state index in [1.807, 2.05) is 62.4 Å². The molecule has 1 aliphatic carbocycles. The molecule has 1 amide bonds. The van der Waals surface area contributed by atoms with Crippen LogP contribution in [0.15, 0.2) is 48.5 Å². The average Bonchev–Trinajstić information content (AvgIpc) is 2.99. The maximum absolute atomic E-state index is 12.7. The highest BCUT2D eigenvalue weighted by molar-refractivity contribution is 5.85. The molecule has 0 aliphatic heterocycles. The third-order valence-corrected chi connectivity index (χ3v) is 5.20. The van der Waals surface area contributed by atoms with Crippen LogP contribution in [0.2, 0.25) is 0 Å². The highest BCUT2D eigenvalue weighted by Crippen LogP contribution is 2.47. The molecule has 0 saturated heterocycles. The van der Waals surface area contributed by atoms with Crippen molar-refractivity contribution in [2.24, 2.45) is 5.92 Å². The van der Waals surface area contributed by atoms with E-state index < -0.39 is 24.1 Å². The molecule has 2 atom stereocenters. The van der Waals surface area contributed by atoms with Gasteiger partial charge < -0.3 is 9.84 Å². The molecule has 26 heavy (non-hydrogen) atoms. The minimum Gasteiger partial charge on any atom is -0.480 e. The van der Waals surface area contributed by atoms with E-state index in [4.69, 9.17) is 4.74 Å². The fourth-order valence-corrected chi connectivity index (χ4v) is 3.77. The molecule has 2 aromatic rings. The van der Waals surface area contributed by atoms with Gasteiger partial charge in [0.15, 0.2) is 0 Å². The van der Waals surface area contributed by atoms with Crippen LogP contribution in [-0.2, 0) is 9.53 Å². The number of carboxylic acids is 1. The van der Waals surface area contributed by atoms with E-state index in [9.17, 15) is 14.7 Å². The highest BCUT2D eigenvalue weighted by atomic mass is 16.5. The van der Waals surface area contributed by atoms with Gasteiger partial charge in [-0.05, 0) is 28.2 Å². The third kappa shape index (κ3) is 2.83. The fraction of sp³-hybridized carbons (Fsp3) is 0.333. The van der Waals surface area contributed by atoms with Gasteiger partial charge in [-0.25, -0.2) is 9.59 Å². The smallest absolute Gasteiger partial charge is 0.411 e. The first-order valence-corrected chi connectivity index (χ1v) is 8.78. The number of carbonyl (C=O) groups excluding carboxylic acids is 1. The summed E-state index contributed by atoms with van der Waals surface area (Å²) in [5.41, 5.74) is 3.90. The summed E-state index contributed by atoms with van der Waals surface area (Å²) in [5, 5.41) is 9.90. The number of fused-ring (bicyclic) bond motifs is 3. The van der Waals surface area contributed by atoms with Gasteiger partial charge in [0, 0.05) is 0 Å². The van der Waals surface area contributed by atoms with Crippen LogP contribution in [0.4, 0.5) is 4.79 Å². The van der Waals surface area contributed by atoms with Crippen LogP contribution in [0.3, 0.4) is 0 Å². The van der Waals surface area contributed by atoms with Gasteiger partial charge in [0.25, 0.3) is 0 Å². The molecule has 0 spiro atoms. The van der Waals surface area contributed by atoms with Crippen molar-refractivity contribution in [1.82, 2.24) is 4.90 Å². The Bertz CT molecular complexity index is 787. The summed E-state index contributed by atoms with van der Waals surface area (Å²) >= 11 is 0. The molecule has 136 valence electrons. The molecule has 1 aliphatic rings. The summed E-state index contributed by atoms with van der Waals surface area (Å²) in [4.78, 5) is 26.2. The second kappa shape index (κ2) is 7.20. The number of amides is 1. The number of carbonyl (C=O) groups is 2. The number of methoxy groups -OCH3 is 1. The Morgan fingerprint density at radius 3 is 2.00 bits per heavy atom. The third-order valence-electron chi connectivity index (χ3n) is 5.20. The first-order chi connectivity index (χ1) is 12.5. The summed E-state index contributed by atoms with van der Waals surface area (Å²) in [5.74, 6) is -1.24. The van der Waals surface area contributed by atoms with Crippen molar-refractivity contribution >= 4 is 12.1 Å². The van der Waals surface area contributed by atoms with Gasteiger partial charge in [-0.1, -0.05) is 68.8 Å². The summed E-state index contributed by atoms with van der Waals surface area (Å²) < 4.78 is 5.00. The lowest BCUT2D eigenvalue weighted by molar-refractivity contribution is -0.145. The molecule has 2 aromatic carbocycles. The van der Waals surface area contributed by atoms with E-state index >= 15 is 0 Å². The lowest BCUT2D eigenvalue weighted by Crippen LogP contribution is -2.50. The Kier molecular flexibility index (Phi) is 4.98. The van der Waals surface area contributed by atoms with E-state index in [1.54, 1.807) is 0 Å². The molecule has 0 fully saturated rings. The number of hydrogen-bond donors (Lipinski definition) is 1. The van der Waals surface area contributed by atoms with Crippen molar-refractivity contribution in [3.63, 3.8) is 0 Å². The summed E-state index contributed by atoms with van der Waals surface area (Å²) in [6, 6.07) is 14.2. The average molecular weight is 353 g/mol. The second-order valence-electron chi connectivity index (χ2n) is 6.62. The number of aliphatic carboxylic acids is 1. The molecule has 5 nitrogen and oxygen atoms in total. The van der Waals surface area contributed by atoms with Gasteiger partial charge in [0.05, 0.1) is 13.2 Å². The van der Waals surface area contributed by atoms with E-state index in [2.05, 4.69) is 0 Å². The zero-order valence-electron chi connectivity index (χ0n) is 15.2. The zero-order chi connectivity index (χ0) is 18.8. The van der Waals surface area contributed by atoms with Crippen LogP contribution < -0.4 is 0 Å². The molecule has 1 N–H and O–H groups in total. The van der Waals surface area contributed by atoms with Crippen molar-refractivity contribution < 1.29 is 19.4 Å². The lowest BCUT2D eigenvalue weighted by Gasteiger charge is -2.36. The molecule has 0 radical (unpaired) electrons. The van der Waals surface area contributed by atoms with E-state index in [1.165, 1.54) is 12.0 Å². The van der Waals surface area contributed by atoms with Gasteiger partial charge in [0.1, 0.15) is 6.04 Å². The minimum absolute atomic E-state index is 0.216. The van der Waals surface area contributed by atoms with E-state index in [0.29, 0.717) is 6.42 Å². The quantitative estimate of drug-likeness (QED) is 0.869. The van der Waals surface area contributed by atoms with Crippen LogP contribution in [0.25, 0.3) is 11.1 Å². The Morgan fingerprint density at radius 2 is 1.58 bits per heavy atom. The van der Waals surface area contributed by atoms with Gasteiger partial charge >= 0.3 is 12.1 Å². The summed E-state index contributed by atoms with van der Waals surface area (Å²) in [6.45, 7) is 3.77. The monoisotopic (exact) mass is 353 g/mol. The molecule has 5 heteroatoms. The molecule has 0 bridgehead atoms. The molecule has 3 rings (SSSR count). The van der Waals surface area contributed by atoms with Crippen LogP contribution in [0, 0.1) is 5.92 Å². The Hall–Kier alpha value is -2.82. The number of rotatable bonds is 5. The number of carboxylic acid groups (broad SMARTS) is 1. The summed E-state index contributed by atoms with van der Waals surface area (Å²) in [7, 11) is 1.29. The van der Waals surface area contributed by atoms with E-state index in [-0.39, 0.29) is 5.92 Å². The first-order valence-electron chi connectivity index (χ1n) is 8.78. The SMILES string of the molecule is CC[C@H](C)[C@@H](C(=O)O)N(C(=O)OC)C1c2ccccc2-c2ccccc21. The van der Waals surface area contributed by atoms with Crippen LogP contribution in [0.5, 0.6) is 0 Å². The first kappa shape index (κ1) is 18.0. The van der Waals surface area contributed by atoms with Crippen molar-refractivity contribution in [3.8, 4) is 11.1 Å². The topological polar surface area (TPSA) is 66.8 Å². The van der Waals surface area contributed by atoms with Crippen molar-refractivity contribution in [3.05, 3.63) is 59.7 Å². The largest absolute Gasteiger partial charge is 0.480 e. The second-order valence-corrected chi connectivity index (χ2v) is 6.62. The molecule has 0 saturated carbocycles. The van der Waals surface area contributed by atoms with Gasteiger partial charge in [-0.3, -0.25) is 4.90 Å². The van der Waals surface area contributed by atoms with Gasteiger partial charge in [-0.2, -0.15) is 0 Å². The molecule has 0 heterocycles. The maximum atomic E-state index is 12.7. The Labute approximate surface area is 153 Å². The van der Waals surface area contributed by atoms with Crippen molar-refractivity contribution in [1.29, 1.82) is 0 Å². The van der Waals surface area contributed by atoms with Crippen LogP contribution in [0.1, 0.15) is 37.4 Å². The maximum Gasteiger partial charge on any atom is 0.411 e. The fourth-order valence-electron chi connectivity index (χ4n) is 3.77. The molecular weight excluding hydrogens is 330 g/mol. The molecule has 0 aromatic heterocycles. The van der Waals surface area contributed by atoms with Crippen LogP contribution in [-0.4, -0.2) is 35.2 Å². The van der Waals surface area contributed by atoms with Gasteiger partial charge in [0.2, 0.25) is 0 Å². The van der Waals surface area contributed by atoms with Gasteiger partial charge in [-0.15, -0.1) is 0 Å². The van der Waals surface area contributed by atoms with Crippen molar-refractivity contribution in [2.75, 3.05) is 7.11 Å². The Balaban J connectivity index is 2.21. The predicted molar refractivity (Wildman–Crippen MR) is 98.8 cm³/mol. The molecule has 0 unspecified atom stereocenters. The number of nitrogens with zero attached hydrogens (tertiary/aromatic N) is 1. The number of ether oxygens (including phenoxy) is 1. The lowest BCUT2D eigenvalue weighted by atomic mass is 9.94. The van der Waals surface area contributed by atoms with Crippen molar-refractivity contribution in [2.45, 2.75) is 32.4 Å². The summed E-state index contributed by atoms with van der Waals surface area (Å²) in [6.07, 6.45) is 0.00900. The minimum atomic E-state index is -1.02. The highest BCUT2D eigenvalue weighted by Gasteiger charge is 2.43. The standard InChI is InChI=1S/C21H23NO4/c1-4-13(2)18(20(23)24)22(21(25)26-3)19-16-11-7-5-9-14(16)15-10-6-8-12-17(15)19/h5-13,18-19H,4H2,1-3H3,(H,23,24)/t13-,18-/m0/s1. The Morgan fingerprint density at radius 1 is 1.08 bits per heavy atom. The normalized spacial score (nSPS) is 14.9.